The standard InChI is InChI=1S/C16H21N3O3S3/c1-8-15(25-7-18-8)24-6-9-5-23-13-10(17)12(20)19(13)11(9)14(21)22-16(2,3)4/h7,10,13H,5-6,17H2,1-4H3/t10?,13-/m1/s1. The summed E-state index contributed by atoms with van der Waals surface area (Å²) < 4.78 is 6.66. The first kappa shape index (κ1) is 18.8. The molecule has 3 rings (SSSR count). The summed E-state index contributed by atoms with van der Waals surface area (Å²) in [7, 11) is 0. The Labute approximate surface area is 159 Å². The van der Waals surface area contributed by atoms with Crippen molar-refractivity contribution in [3.05, 3.63) is 22.5 Å². The largest absolute Gasteiger partial charge is 0.455 e. The van der Waals surface area contributed by atoms with E-state index in [1.807, 2.05) is 33.2 Å². The molecule has 1 fully saturated rings. The van der Waals surface area contributed by atoms with Crippen molar-refractivity contribution in [1.29, 1.82) is 0 Å². The molecule has 0 bridgehead atoms. The van der Waals surface area contributed by atoms with Gasteiger partial charge in [0.2, 0.25) is 5.91 Å². The van der Waals surface area contributed by atoms with Crippen molar-refractivity contribution in [2.75, 3.05) is 11.5 Å². The van der Waals surface area contributed by atoms with E-state index in [1.54, 1.807) is 34.9 Å². The van der Waals surface area contributed by atoms with E-state index in [9.17, 15) is 9.59 Å². The van der Waals surface area contributed by atoms with E-state index in [2.05, 4.69) is 4.98 Å². The van der Waals surface area contributed by atoms with Crippen LogP contribution >= 0.6 is 34.9 Å². The average Bonchev–Trinajstić information content (AvgIpc) is 2.94. The van der Waals surface area contributed by atoms with Crippen LogP contribution in [0.4, 0.5) is 0 Å². The van der Waals surface area contributed by atoms with Crippen LogP contribution in [0, 0.1) is 6.92 Å². The zero-order chi connectivity index (χ0) is 18.4. The molecule has 2 aliphatic rings. The van der Waals surface area contributed by atoms with Crippen molar-refractivity contribution < 1.29 is 14.3 Å². The van der Waals surface area contributed by atoms with Gasteiger partial charge in [-0.05, 0) is 33.3 Å². The molecule has 0 saturated carbocycles. The number of aryl methyl sites for hydroxylation is 1. The number of β-lactam (4-membered cyclic amide) rings is 1. The highest BCUT2D eigenvalue weighted by Gasteiger charge is 2.52. The minimum absolute atomic E-state index is 0.172. The molecule has 136 valence electrons. The van der Waals surface area contributed by atoms with E-state index in [0.717, 1.165) is 15.5 Å². The molecule has 2 atom stereocenters. The first-order chi connectivity index (χ1) is 11.7. The summed E-state index contributed by atoms with van der Waals surface area (Å²) in [6, 6.07) is -0.541. The number of nitrogens with zero attached hydrogens (tertiary/aromatic N) is 2. The van der Waals surface area contributed by atoms with Gasteiger partial charge >= 0.3 is 5.97 Å². The van der Waals surface area contributed by atoms with Gasteiger partial charge < -0.3 is 10.5 Å². The molecule has 0 radical (unpaired) electrons. The molecular formula is C16H21N3O3S3. The van der Waals surface area contributed by atoms with Gasteiger partial charge in [0.05, 0.1) is 15.4 Å². The molecule has 3 heterocycles. The number of hydrogen-bond acceptors (Lipinski definition) is 8. The van der Waals surface area contributed by atoms with Crippen molar-refractivity contribution in [2.45, 2.75) is 48.9 Å². The fraction of sp³-hybridized carbons (Fsp3) is 0.562. The second-order valence-electron chi connectivity index (χ2n) is 6.90. The summed E-state index contributed by atoms with van der Waals surface area (Å²) in [5.41, 5.74) is 9.35. The Hall–Kier alpha value is -1.03. The van der Waals surface area contributed by atoms with E-state index in [1.165, 1.54) is 4.90 Å². The molecule has 2 N–H and O–H groups in total. The van der Waals surface area contributed by atoms with E-state index < -0.39 is 17.6 Å². The summed E-state index contributed by atoms with van der Waals surface area (Å²) in [6.45, 7) is 7.42. The number of rotatable bonds is 4. The number of thioether (sulfide) groups is 2. The zero-order valence-corrected chi connectivity index (χ0v) is 17.0. The summed E-state index contributed by atoms with van der Waals surface area (Å²) in [5.74, 6) is 0.627. The summed E-state index contributed by atoms with van der Waals surface area (Å²) in [4.78, 5) is 30.8. The third-order valence-corrected chi connectivity index (χ3v) is 7.53. The molecule has 1 unspecified atom stereocenters. The van der Waals surface area contributed by atoms with Gasteiger partial charge in [-0.25, -0.2) is 9.78 Å². The maximum Gasteiger partial charge on any atom is 0.355 e. The Morgan fingerprint density at radius 3 is 2.84 bits per heavy atom. The lowest BCUT2D eigenvalue weighted by atomic mass is 10.0. The zero-order valence-electron chi connectivity index (χ0n) is 14.6. The first-order valence-electron chi connectivity index (χ1n) is 7.87. The van der Waals surface area contributed by atoms with Crippen LogP contribution in [0.3, 0.4) is 0 Å². The normalized spacial score (nSPS) is 23.4. The van der Waals surface area contributed by atoms with E-state index in [4.69, 9.17) is 10.5 Å². The minimum atomic E-state index is -0.618. The quantitative estimate of drug-likeness (QED) is 0.473. The second-order valence-corrected chi connectivity index (χ2v) is 10.1. The molecular weight excluding hydrogens is 378 g/mol. The smallest absolute Gasteiger partial charge is 0.355 e. The number of carbonyl (C=O) groups is 2. The van der Waals surface area contributed by atoms with Crippen LogP contribution in [0.25, 0.3) is 0 Å². The Bertz CT molecular complexity index is 738. The predicted octanol–water partition coefficient (Wildman–Crippen LogP) is 2.38. The SMILES string of the molecule is Cc1ncsc1SCC1=C(C(=O)OC(C)(C)C)N2C(=O)C(N)[C@H]2SC1. The lowest BCUT2D eigenvalue weighted by molar-refractivity contribution is -0.157. The molecule has 6 nitrogen and oxygen atoms in total. The van der Waals surface area contributed by atoms with Crippen molar-refractivity contribution in [3.8, 4) is 0 Å². The van der Waals surface area contributed by atoms with Crippen LogP contribution in [0.15, 0.2) is 21.0 Å². The van der Waals surface area contributed by atoms with Gasteiger partial charge in [0, 0.05) is 11.5 Å². The molecule has 1 amide bonds. The number of carbonyl (C=O) groups excluding carboxylic acids is 2. The second kappa shape index (κ2) is 6.94. The van der Waals surface area contributed by atoms with Crippen LogP contribution in [-0.2, 0) is 14.3 Å². The van der Waals surface area contributed by atoms with Crippen LogP contribution < -0.4 is 5.73 Å². The Kier molecular flexibility index (Phi) is 5.21. The summed E-state index contributed by atoms with van der Waals surface area (Å²) in [6.07, 6.45) is 0. The van der Waals surface area contributed by atoms with Crippen LogP contribution in [0.5, 0.6) is 0 Å². The number of hydrogen-bond donors (Lipinski definition) is 1. The number of thiazole rings is 1. The molecule has 0 aliphatic carbocycles. The fourth-order valence-corrected chi connectivity index (χ4v) is 5.92. The summed E-state index contributed by atoms with van der Waals surface area (Å²) in [5, 5.41) is -0.172. The molecule has 9 heteroatoms. The first-order valence-corrected chi connectivity index (χ1v) is 10.8. The molecule has 0 spiro atoms. The molecule has 1 aromatic heterocycles. The lowest BCUT2D eigenvalue weighted by Gasteiger charge is -2.48. The molecule has 1 saturated heterocycles. The molecule has 1 aromatic rings. The van der Waals surface area contributed by atoms with Crippen molar-refractivity contribution in [3.63, 3.8) is 0 Å². The van der Waals surface area contributed by atoms with Gasteiger partial charge in [0.25, 0.3) is 0 Å². The summed E-state index contributed by atoms with van der Waals surface area (Å²) >= 11 is 4.82. The lowest BCUT2D eigenvalue weighted by Crippen LogP contribution is -2.68. The van der Waals surface area contributed by atoms with E-state index in [0.29, 0.717) is 17.2 Å². The Morgan fingerprint density at radius 1 is 1.52 bits per heavy atom. The van der Waals surface area contributed by atoms with Gasteiger partial charge in [-0.3, -0.25) is 9.69 Å². The number of esters is 1. The van der Waals surface area contributed by atoms with Crippen LogP contribution in [-0.4, -0.2) is 50.3 Å². The van der Waals surface area contributed by atoms with Gasteiger partial charge in [0.1, 0.15) is 22.7 Å². The molecule has 0 aromatic carbocycles. The highest BCUT2D eigenvalue weighted by Crippen LogP contribution is 2.42. The number of fused-ring (bicyclic) bond motifs is 1. The van der Waals surface area contributed by atoms with Crippen molar-refractivity contribution in [2.24, 2.45) is 5.73 Å². The van der Waals surface area contributed by atoms with Crippen LogP contribution in [0.1, 0.15) is 26.5 Å². The molecule has 2 aliphatic heterocycles. The highest BCUT2D eigenvalue weighted by atomic mass is 32.2. The third-order valence-electron chi connectivity index (χ3n) is 3.76. The molecule has 25 heavy (non-hydrogen) atoms. The fourth-order valence-electron chi connectivity index (χ4n) is 2.59. The maximum atomic E-state index is 12.8. The van der Waals surface area contributed by atoms with Gasteiger partial charge in [0.15, 0.2) is 0 Å². The van der Waals surface area contributed by atoms with E-state index in [-0.39, 0.29) is 11.3 Å². The number of aromatic nitrogens is 1. The van der Waals surface area contributed by atoms with E-state index >= 15 is 0 Å². The monoisotopic (exact) mass is 399 g/mol. The van der Waals surface area contributed by atoms with Gasteiger partial charge in [-0.15, -0.1) is 34.9 Å². The number of nitrogens with two attached hydrogens (primary N) is 1. The topological polar surface area (TPSA) is 85.5 Å². The number of amides is 1. The van der Waals surface area contributed by atoms with Crippen molar-refractivity contribution in [1.82, 2.24) is 9.88 Å². The van der Waals surface area contributed by atoms with Crippen LogP contribution in [0.2, 0.25) is 0 Å². The minimum Gasteiger partial charge on any atom is -0.455 e. The number of ether oxygens (including phenoxy) is 1. The highest BCUT2D eigenvalue weighted by molar-refractivity contribution is 8.02. The average molecular weight is 400 g/mol. The third kappa shape index (κ3) is 3.74. The van der Waals surface area contributed by atoms with Gasteiger partial charge in [-0.2, -0.15) is 0 Å². The predicted molar refractivity (Wildman–Crippen MR) is 102 cm³/mol. The van der Waals surface area contributed by atoms with Gasteiger partial charge in [-0.1, -0.05) is 0 Å². The maximum absolute atomic E-state index is 12.8. The Balaban J connectivity index is 1.87. The Morgan fingerprint density at radius 2 is 2.24 bits per heavy atom. The van der Waals surface area contributed by atoms with Crippen molar-refractivity contribution >= 4 is 46.7 Å².